The first-order chi connectivity index (χ1) is 10.1. The monoisotopic (exact) mass is 394 g/mol. The molecule has 21 heavy (non-hydrogen) atoms. The molecule has 2 aromatic rings. The smallest absolute Gasteiger partial charge is 0.271 e. The fourth-order valence-corrected chi connectivity index (χ4v) is 2.08. The summed E-state index contributed by atoms with van der Waals surface area (Å²) in [5, 5.41) is 4.13. The van der Waals surface area contributed by atoms with E-state index in [1.807, 2.05) is 31.2 Å². The van der Waals surface area contributed by atoms with Gasteiger partial charge in [0.25, 0.3) is 5.91 Å². The van der Waals surface area contributed by atoms with Crippen molar-refractivity contribution >= 4 is 34.2 Å². The number of benzene rings is 2. The van der Waals surface area contributed by atoms with E-state index in [1.54, 1.807) is 31.4 Å². The highest BCUT2D eigenvalue weighted by molar-refractivity contribution is 14.1. The molecule has 0 radical (unpaired) electrons. The van der Waals surface area contributed by atoms with Crippen molar-refractivity contribution in [3.05, 3.63) is 63.2 Å². The van der Waals surface area contributed by atoms with Crippen LogP contribution in [0.3, 0.4) is 0 Å². The third-order valence-corrected chi connectivity index (χ3v) is 3.64. The Morgan fingerprint density at radius 3 is 2.52 bits per heavy atom. The number of ether oxygens (including phenoxy) is 1. The van der Waals surface area contributed by atoms with Crippen LogP contribution < -0.4 is 10.2 Å². The number of rotatable bonds is 4. The lowest BCUT2D eigenvalue weighted by Crippen LogP contribution is -2.19. The van der Waals surface area contributed by atoms with Crippen molar-refractivity contribution in [3.8, 4) is 5.75 Å². The minimum atomic E-state index is -0.265. The molecule has 1 amide bonds. The highest BCUT2D eigenvalue weighted by atomic mass is 127. The number of carbonyl (C=O) groups is 1. The maximum atomic E-state index is 12.0. The SMILES string of the molecule is COc1cccc(C(=O)N/N=C(/C)c2ccc(I)cc2)c1. The third-order valence-electron chi connectivity index (χ3n) is 2.92. The molecule has 2 rings (SSSR count). The highest BCUT2D eigenvalue weighted by Crippen LogP contribution is 2.12. The Labute approximate surface area is 137 Å². The first-order valence-electron chi connectivity index (χ1n) is 6.35. The Kier molecular flexibility index (Phi) is 5.32. The number of nitrogens with zero attached hydrogens (tertiary/aromatic N) is 1. The largest absolute Gasteiger partial charge is 0.497 e. The van der Waals surface area contributed by atoms with Gasteiger partial charge in [-0.15, -0.1) is 0 Å². The number of halogens is 1. The van der Waals surface area contributed by atoms with Crippen LogP contribution in [0.5, 0.6) is 5.75 Å². The molecule has 0 fully saturated rings. The van der Waals surface area contributed by atoms with E-state index < -0.39 is 0 Å². The van der Waals surface area contributed by atoms with Gasteiger partial charge in [0.2, 0.25) is 0 Å². The van der Waals surface area contributed by atoms with Crippen LogP contribution in [-0.2, 0) is 0 Å². The molecule has 4 nitrogen and oxygen atoms in total. The zero-order chi connectivity index (χ0) is 15.2. The quantitative estimate of drug-likeness (QED) is 0.491. The minimum absolute atomic E-state index is 0.265. The summed E-state index contributed by atoms with van der Waals surface area (Å²) in [7, 11) is 1.57. The predicted molar refractivity (Wildman–Crippen MR) is 91.8 cm³/mol. The van der Waals surface area contributed by atoms with Crippen molar-refractivity contribution in [1.29, 1.82) is 0 Å². The minimum Gasteiger partial charge on any atom is -0.497 e. The lowest BCUT2D eigenvalue weighted by Gasteiger charge is -2.05. The van der Waals surface area contributed by atoms with E-state index in [4.69, 9.17) is 4.74 Å². The first-order valence-corrected chi connectivity index (χ1v) is 7.42. The molecule has 0 heterocycles. The zero-order valence-electron chi connectivity index (χ0n) is 11.8. The maximum absolute atomic E-state index is 12.0. The fourth-order valence-electron chi connectivity index (χ4n) is 1.72. The Morgan fingerprint density at radius 2 is 1.86 bits per heavy atom. The Morgan fingerprint density at radius 1 is 1.14 bits per heavy atom. The predicted octanol–water partition coefficient (Wildman–Crippen LogP) is 3.45. The van der Waals surface area contributed by atoms with Crippen LogP contribution in [0.2, 0.25) is 0 Å². The van der Waals surface area contributed by atoms with Gasteiger partial charge >= 0.3 is 0 Å². The molecule has 0 aliphatic heterocycles. The average molecular weight is 394 g/mol. The van der Waals surface area contributed by atoms with Crippen LogP contribution in [0.4, 0.5) is 0 Å². The number of hydrazone groups is 1. The van der Waals surface area contributed by atoms with Gasteiger partial charge in [0.1, 0.15) is 5.75 Å². The number of methoxy groups -OCH3 is 1. The molecule has 0 aromatic heterocycles. The summed E-state index contributed by atoms with van der Waals surface area (Å²) in [6.45, 7) is 1.86. The molecule has 0 spiro atoms. The molecular weight excluding hydrogens is 379 g/mol. The number of hydrogen-bond donors (Lipinski definition) is 1. The second-order valence-electron chi connectivity index (χ2n) is 4.38. The van der Waals surface area contributed by atoms with E-state index in [9.17, 15) is 4.79 Å². The number of amides is 1. The van der Waals surface area contributed by atoms with Crippen molar-refractivity contribution in [2.24, 2.45) is 5.10 Å². The normalized spacial score (nSPS) is 11.1. The maximum Gasteiger partial charge on any atom is 0.271 e. The molecule has 0 aliphatic rings. The van der Waals surface area contributed by atoms with Crippen molar-refractivity contribution < 1.29 is 9.53 Å². The number of carbonyl (C=O) groups excluding carboxylic acids is 1. The summed E-state index contributed by atoms with van der Waals surface area (Å²) in [5.41, 5.74) is 4.79. The first kappa shape index (κ1) is 15.5. The Hall–Kier alpha value is -1.89. The van der Waals surface area contributed by atoms with E-state index in [1.165, 1.54) is 0 Å². The van der Waals surface area contributed by atoms with Gasteiger partial charge in [0, 0.05) is 9.13 Å². The summed E-state index contributed by atoms with van der Waals surface area (Å²) in [4.78, 5) is 12.0. The molecule has 0 bridgehead atoms. The highest BCUT2D eigenvalue weighted by Gasteiger charge is 2.06. The van der Waals surface area contributed by atoms with Gasteiger partial charge in [-0.3, -0.25) is 4.79 Å². The van der Waals surface area contributed by atoms with Crippen molar-refractivity contribution in [2.45, 2.75) is 6.92 Å². The van der Waals surface area contributed by atoms with E-state index >= 15 is 0 Å². The van der Waals surface area contributed by atoms with Crippen LogP contribution in [-0.4, -0.2) is 18.7 Å². The Bertz CT molecular complexity index is 666. The summed E-state index contributed by atoms with van der Waals surface area (Å²) < 4.78 is 6.25. The van der Waals surface area contributed by atoms with Crippen LogP contribution in [0.1, 0.15) is 22.8 Å². The second kappa shape index (κ2) is 7.21. The molecule has 0 saturated carbocycles. The molecule has 1 N–H and O–H groups in total. The summed E-state index contributed by atoms with van der Waals surface area (Å²) in [5.74, 6) is 0.375. The van der Waals surface area contributed by atoms with Gasteiger partial charge < -0.3 is 4.74 Å². The van der Waals surface area contributed by atoms with Crippen LogP contribution in [0.25, 0.3) is 0 Å². The zero-order valence-corrected chi connectivity index (χ0v) is 13.9. The van der Waals surface area contributed by atoms with E-state index in [2.05, 4.69) is 33.1 Å². The average Bonchev–Trinajstić information content (AvgIpc) is 2.53. The molecule has 0 aliphatic carbocycles. The molecular formula is C16H15IN2O2. The van der Waals surface area contributed by atoms with Crippen molar-refractivity contribution in [3.63, 3.8) is 0 Å². The van der Waals surface area contributed by atoms with Crippen LogP contribution in [0.15, 0.2) is 53.6 Å². The van der Waals surface area contributed by atoms with Gasteiger partial charge in [-0.25, -0.2) is 5.43 Å². The van der Waals surface area contributed by atoms with E-state index in [0.29, 0.717) is 11.3 Å². The second-order valence-corrected chi connectivity index (χ2v) is 5.62. The molecule has 2 aromatic carbocycles. The number of nitrogens with one attached hydrogen (secondary N) is 1. The molecule has 0 saturated heterocycles. The van der Waals surface area contributed by atoms with Crippen molar-refractivity contribution in [1.82, 2.24) is 5.43 Å². The van der Waals surface area contributed by atoms with Gasteiger partial charge in [-0.2, -0.15) is 5.10 Å². The lowest BCUT2D eigenvalue weighted by atomic mass is 10.1. The fraction of sp³-hybridized carbons (Fsp3) is 0.125. The van der Waals surface area contributed by atoms with Gasteiger partial charge in [0.05, 0.1) is 12.8 Å². The summed E-state index contributed by atoms with van der Waals surface area (Å²) in [6, 6.07) is 14.9. The van der Waals surface area contributed by atoms with E-state index in [-0.39, 0.29) is 5.91 Å². The Balaban J connectivity index is 2.08. The van der Waals surface area contributed by atoms with Gasteiger partial charge in [-0.05, 0) is 65.4 Å². The molecule has 0 atom stereocenters. The van der Waals surface area contributed by atoms with E-state index in [0.717, 1.165) is 14.8 Å². The van der Waals surface area contributed by atoms with Gasteiger partial charge in [0.15, 0.2) is 0 Å². The van der Waals surface area contributed by atoms with Crippen LogP contribution in [0, 0.1) is 3.57 Å². The molecule has 0 unspecified atom stereocenters. The van der Waals surface area contributed by atoms with Crippen molar-refractivity contribution in [2.75, 3.05) is 7.11 Å². The topological polar surface area (TPSA) is 50.7 Å². The third kappa shape index (κ3) is 4.29. The molecule has 108 valence electrons. The lowest BCUT2D eigenvalue weighted by molar-refractivity contribution is 0.0954. The standard InChI is InChI=1S/C16H15IN2O2/c1-11(12-6-8-14(17)9-7-12)18-19-16(20)13-4-3-5-15(10-13)21-2/h3-10H,1-2H3,(H,19,20)/b18-11-. The number of hydrogen-bond acceptors (Lipinski definition) is 3. The summed E-state index contributed by atoms with van der Waals surface area (Å²) >= 11 is 2.24. The summed E-state index contributed by atoms with van der Waals surface area (Å²) in [6.07, 6.45) is 0. The molecule has 5 heteroatoms. The van der Waals surface area contributed by atoms with Gasteiger partial charge in [-0.1, -0.05) is 18.2 Å². The van der Waals surface area contributed by atoms with Crippen LogP contribution >= 0.6 is 22.6 Å².